The first-order valence-corrected chi connectivity index (χ1v) is 7.76. The molecule has 19 heavy (non-hydrogen) atoms. The van der Waals surface area contributed by atoms with Crippen molar-refractivity contribution >= 4 is 31.9 Å². The van der Waals surface area contributed by atoms with Gasteiger partial charge in [-0.1, -0.05) is 13.8 Å². The van der Waals surface area contributed by atoms with Crippen LogP contribution in [0.15, 0.2) is 27.8 Å². The van der Waals surface area contributed by atoms with E-state index in [1.54, 1.807) is 13.8 Å². The zero-order chi connectivity index (χ0) is 14.6. The summed E-state index contributed by atoms with van der Waals surface area (Å²) in [6, 6.07) is 0.471. The van der Waals surface area contributed by atoms with E-state index in [1.807, 2.05) is 0 Å². The number of pyridine rings is 1. The Morgan fingerprint density at radius 1 is 1.42 bits per heavy atom. The van der Waals surface area contributed by atoms with E-state index in [0.29, 0.717) is 4.47 Å². The highest BCUT2D eigenvalue weighted by atomic mass is 79.9. The van der Waals surface area contributed by atoms with Crippen LogP contribution in [-0.4, -0.2) is 32.5 Å². The minimum Gasteiger partial charge on any atom is -0.468 e. The number of carbonyl (C=O) groups excluding carboxylic acids is 1. The summed E-state index contributed by atoms with van der Waals surface area (Å²) in [7, 11) is -2.61. The van der Waals surface area contributed by atoms with Crippen LogP contribution >= 0.6 is 15.9 Å². The van der Waals surface area contributed by atoms with Crippen molar-refractivity contribution in [2.75, 3.05) is 7.11 Å². The van der Waals surface area contributed by atoms with E-state index >= 15 is 0 Å². The smallest absolute Gasteiger partial charge is 0.324 e. The van der Waals surface area contributed by atoms with E-state index in [9.17, 15) is 13.2 Å². The van der Waals surface area contributed by atoms with Crippen molar-refractivity contribution in [3.05, 3.63) is 22.9 Å². The molecule has 0 aliphatic rings. The lowest BCUT2D eigenvalue weighted by Gasteiger charge is -2.19. The van der Waals surface area contributed by atoms with Gasteiger partial charge in [-0.15, -0.1) is 0 Å². The number of sulfonamides is 1. The number of nitrogens with one attached hydrogen (secondary N) is 1. The van der Waals surface area contributed by atoms with Gasteiger partial charge in [0.25, 0.3) is 0 Å². The minimum atomic E-state index is -3.83. The van der Waals surface area contributed by atoms with Crippen LogP contribution in [0.2, 0.25) is 0 Å². The van der Waals surface area contributed by atoms with Crippen LogP contribution in [0.5, 0.6) is 0 Å². The molecule has 0 saturated carbocycles. The number of hydrogen-bond acceptors (Lipinski definition) is 5. The summed E-state index contributed by atoms with van der Waals surface area (Å²) in [5.74, 6) is -0.858. The standard InChI is InChI=1S/C11H15BrN2O4S/c1-7(2)10(11(15)18-3)14-19(16,17)9-4-8(12)5-13-6-9/h4-7,10,14H,1-3H3/t10-/m0/s1. The Labute approximate surface area is 120 Å². The molecule has 0 aliphatic carbocycles. The van der Waals surface area contributed by atoms with Crippen LogP contribution in [0.25, 0.3) is 0 Å². The van der Waals surface area contributed by atoms with Gasteiger partial charge in [-0.05, 0) is 27.9 Å². The van der Waals surface area contributed by atoms with Crippen molar-refractivity contribution in [2.45, 2.75) is 24.8 Å². The largest absolute Gasteiger partial charge is 0.468 e. The Bertz CT molecular complexity index is 560. The average molecular weight is 351 g/mol. The van der Waals surface area contributed by atoms with Crippen LogP contribution in [0.1, 0.15) is 13.8 Å². The molecule has 1 aromatic rings. The molecule has 0 radical (unpaired) electrons. The van der Waals surface area contributed by atoms with Gasteiger partial charge in [0.15, 0.2) is 0 Å². The topological polar surface area (TPSA) is 85.4 Å². The molecule has 1 aromatic heterocycles. The zero-order valence-electron chi connectivity index (χ0n) is 10.8. The normalized spacial score (nSPS) is 13.3. The number of aromatic nitrogens is 1. The van der Waals surface area contributed by atoms with Gasteiger partial charge >= 0.3 is 5.97 Å². The predicted octanol–water partition coefficient (Wildman–Crippen LogP) is 1.32. The molecule has 1 heterocycles. The first kappa shape index (κ1) is 16.1. The van der Waals surface area contributed by atoms with Gasteiger partial charge < -0.3 is 4.74 Å². The lowest BCUT2D eigenvalue weighted by Crippen LogP contribution is -2.44. The summed E-state index contributed by atoms with van der Waals surface area (Å²) < 4.78 is 31.7. The van der Waals surface area contributed by atoms with Gasteiger partial charge in [0, 0.05) is 16.9 Å². The van der Waals surface area contributed by atoms with Gasteiger partial charge in [0.05, 0.1) is 7.11 Å². The second-order valence-electron chi connectivity index (χ2n) is 4.20. The van der Waals surface area contributed by atoms with Gasteiger partial charge in [-0.2, -0.15) is 4.72 Å². The fourth-order valence-electron chi connectivity index (χ4n) is 1.36. The van der Waals surface area contributed by atoms with E-state index in [1.165, 1.54) is 25.6 Å². The lowest BCUT2D eigenvalue weighted by molar-refractivity contribution is -0.143. The van der Waals surface area contributed by atoms with Gasteiger partial charge in [-0.3, -0.25) is 9.78 Å². The number of rotatable bonds is 5. The summed E-state index contributed by atoms with van der Waals surface area (Å²) >= 11 is 3.15. The second-order valence-corrected chi connectivity index (χ2v) is 6.83. The molecular formula is C11H15BrN2O4S. The molecule has 6 nitrogen and oxygen atoms in total. The molecule has 8 heteroatoms. The molecule has 106 valence electrons. The highest BCUT2D eigenvalue weighted by Crippen LogP contribution is 2.16. The van der Waals surface area contributed by atoms with E-state index in [2.05, 4.69) is 30.4 Å². The van der Waals surface area contributed by atoms with Crippen molar-refractivity contribution < 1.29 is 17.9 Å². The SMILES string of the molecule is COC(=O)[C@@H](NS(=O)(=O)c1cncc(Br)c1)C(C)C. The Balaban J connectivity index is 3.04. The van der Waals surface area contributed by atoms with Gasteiger partial charge in [-0.25, -0.2) is 8.42 Å². The van der Waals surface area contributed by atoms with Crippen molar-refractivity contribution in [2.24, 2.45) is 5.92 Å². The summed E-state index contributed by atoms with van der Waals surface area (Å²) in [4.78, 5) is 15.3. The maximum Gasteiger partial charge on any atom is 0.324 e. The fourth-order valence-corrected chi connectivity index (χ4v) is 3.19. The molecule has 0 fully saturated rings. The van der Waals surface area contributed by atoms with E-state index in [0.717, 1.165) is 0 Å². The Morgan fingerprint density at radius 3 is 2.53 bits per heavy atom. The first-order chi connectivity index (χ1) is 8.77. The van der Waals surface area contributed by atoms with Gasteiger partial charge in [0.1, 0.15) is 10.9 Å². The number of nitrogens with zero attached hydrogens (tertiary/aromatic N) is 1. The Kier molecular flexibility index (Phi) is 5.45. The molecule has 0 aromatic carbocycles. The van der Waals surface area contributed by atoms with E-state index < -0.39 is 22.0 Å². The predicted molar refractivity (Wildman–Crippen MR) is 72.9 cm³/mol. The van der Waals surface area contributed by atoms with Crippen LogP contribution in [0, 0.1) is 5.92 Å². The number of carbonyl (C=O) groups is 1. The van der Waals surface area contributed by atoms with Crippen LogP contribution < -0.4 is 4.72 Å². The molecule has 0 spiro atoms. The Morgan fingerprint density at radius 2 is 2.05 bits per heavy atom. The van der Waals surface area contributed by atoms with Crippen LogP contribution in [0.3, 0.4) is 0 Å². The highest BCUT2D eigenvalue weighted by molar-refractivity contribution is 9.10. The number of hydrogen-bond donors (Lipinski definition) is 1. The summed E-state index contributed by atoms with van der Waals surface area (Å²) in [6.45, 7) is 3.45. The van der Waals surface area contributed by atoms with Crippen molar-refractivity contribution in [3.63, 3.8) is 0 Å². The summed E-state index contributed by atoms with van der Waals surface area (Å²) in [5.41, 5.74) is 0. The van der Waals surface area contributed by atoms with Gasteiger partial charge in [0.2, 0.25) is 10.0 Å². The fraction of sp³-hybridized carbons (Fsp3) is 0.455. The average Bonchev–Trinajstić information content (AvgIpc) is 2.35. The maximum absolute atomic E-state index is 12.1. The third kappa shape index (κ3) is 4.26. The number of methoxy groups -OCH3 is 1. The van der Waals surface area contributed by atoms with E-state index in [4.69, 9.17) is 0 Å². The molecule has 0 aliphatic heterocycles. The maximum atomic E-state index is 12.1. The molecule has 0 unspecified atom stereocenters. The minimum absolute atomic E-state index is 0.0172. The van der Waals surface area contributed by atoms with Crippen LogP contribution in [0.4, 0.5) is 0 Å². The monoisotopic (exact) mass is 350 g/mol. The van der Waals surface area contributed by atoms with Crippen molar-refractivity contribution in [1.82, 2.24) is 9.71 Å². The van der Waals surface area contributed by atoms with E-state index in [-0.39, 0.29) is 10.8 Å². The first-order valence-electron chi connectivity index (χ1n) is 5.48. The molecule has 1 atom stereocenters. The second kappa shape index (κ2) is 6.44. The third-order valence-electron chi connectivity index (χ3n) is 2.39. The lowest BCUT2D eigenvalue weighted by atomic mass is 10.1. The number of halogens is 1. The number of ether oxygens (including phenoxy) is 1. The molecule has 0 saturated heterocycles. The molecule has 0 amide bonds. The quantitative estimate of drug-likeness (QED) is 0.809. The zero-order valence-corrected chi connectivity index (χ0v) is 13.2. The number of esters is 1. The van der Waals surface area contributed by atoms with Crippen molar-refractivity contribution in [1.29, 1.82) is 0 Å². The Hall–Kier alpha value is -0.990. The highest BCUT2D eigenvalue weighted by Gasteiger charge is 2.29. The molecular weight excluding hydrogens is 336 g/mol. The third-order valence-corrected chi connectivity index (χ3v) is 4.24. The molecule has 1 rings (SSSR count). The molecule has 0 bridgehead atoms. The summed E-state index contributed by atoms with van der Waals surface area (Å²) in [5, 5.41) is 0. The van der Waals surface area contributed by atoms with Crippen LogP contribution in [-0.2, 0) is 19.6 Å². The molecule has 1 N–H and O–H groups in total. The van der Waals surface area contributed by atoms with Crippen molar-refractivity contribution in [3.8, 4) is 0 Å². The summed E-state index contributed by atoms with van der Waals surface area (Å²) in [6.07, 6.45) is 2.68.